The Morgan fingerprint density at radius 1 is 0.667 bits per heavy atom. The molecule has 4 unspecified atom stereocenters. The summed E-state index contributed by atoms with van der Waals surface area (Å²) in [6.45, 7) is 1.23. The third-order valence-electron chi connectivity index (χ3n) is 7.19. The Bertz CT molecular complexity index is 1130. The first-order chi connectivity index (χ1) is 17.6. The van der Waals surface area contributed by atoms with E-state index in [1.54, 1.807) is 0 Å². The van der Waals surface area contributed by atoms with Crippen LogP contribution < -0.4 is 0 Å². The standard InChI is InChI=1S/C30H30N2O4/c1-35-29(33)23-15-9-17-26-28-24(30(34)36-2)16-10-18-25(32(28)20-22-13-7-4-8-14-22)27(23)31(26)19-21-11-5-3-6-12-21/h3-18,25-28H,19-20H2,1-2H3. The summed E-state index contributed by atoms with van der Waals surface area (Å²) < 4.78 is 10.5. The Hall–Kier alpha value is -3.74. The van der Waals surface area contributed by atoms with Gasteiger partial charge in [-0.3, -0.25) is 9.80 Å². The van der Waals surface area contributed by atoms with Gasteiger partial charge in [-0.15, -0.1) is 0 Å². The molecule has 4 atom stereocenters. The first-order valence-electron chi connectivity index (χ1n) is 12.1. The quantitative estimate of drug-likeness (QED) is 0.584. The fraction of sp³-hybridized carbons (Fsp3) is 0.267. The fourth-order valence-electron chi connectivity index (χ4n) is 5.64. The third-order valence-corrected chi connectivity index (χ3v) is 7.19. The van der Waals surface area contributed by atoms with E-state index in [2.05, 4.69) is 46.2 Å². The van der Waals surface area contributed by atoms with Crippen LogP contribution in [0.3, 0.4) is 0 Å². The summed E-state index contributed by atoms with van der Waals surface area (Å²) in [7, 11) is 2.84. The van der Waals surface area contributed by atoms with Crippen LogP contribution in [0.5, 0.6) is 0 Å². The van der Waals surface area contributed by atoms with Crippen LogP contribution >= 0.6 is 0 Å². The van der Waals surface area contributed by atoms with Gasteiger partial charge in [-0.2, -0.15) is 0 Å². The van der Waals surface area contributed by atoms with Gasteiger partial charge in [0.15, 0.2) is 0 Å². The van der Waals surface area contributed by atoms with Crippen LogP contribution in [0.1, 0.15) is 11.1 Å². The number of nitrogens with zero attached hydrogens (tertiary/aromatic N) is 2. The number of carbonyl (C=O) groups is 2. The minimum absolute atomic E-state index is 0.182. The summed E-state index contributed by atoms with van der Waals surface area (Å²) in [6.07, 6.45) is 11.7. The molecule has 0 aliphatic carbocycles. The van der Waals surface area contributed by atoms with Gasteiger partial charge in [0.2, 0.25) is 0 Å². The van der Waals surface area contributed by atoms with Gasteiger partial charge in [0.1, 0.15) is 0 Å². The zero-order chi connectivity index (χ0) is 25.1. The maximum atomic E-state index is 13.1. The third kappa shape index (κ3) is 4.45. The topological polar surface area (TPSA) is 59.1 Å². The second-order valence-corrected chi connectivity index (χ2v) is 9.18. The average molecular weight is 483 g/mol. The largest absolute Gasteiger partial charge is 0.466 e. The molecule has 1 saturated heterocycles. The van der Waals surface area contributed by atoms with Crippen molar-refractivity contribution in [2.45, 2.75) is 37.3 Å². The van der Waals surface area contributed by atoms with Crippen molar-refractivity contribution < 1.29 is 19.1 Å². The number of fused-ring (bicyclic) bond motifs is 6. The van der Waals surface area contributed by atoms with Crippen LogP contribution in [-0.4, -0.2) is 60.1 Å². The van der Waals surface area contributed by atoms with E-state index in [4.69, 9.17) is 9.47 Å². The highest BCUT2D eigenvalue weighted by atomic mass is 16.5. The second-order valence-electron chi connectivity index (χ2n) is 9.18. The van der Waals surface area contributed by atoms with E-state index in [9.17, 15) is 9.59 Å². The molecule has 0 spiro atoms. The molecule has 6 heteroatoms. The number of allylic oxidation sites excluding steroid dienone is 4. The van der Waals surface area contributed by atoms with Crippen molar-refractivity contribution in [3.63, 3.8) is 0 Å². The number of methoxy groups -OCH3 is 2. The molecule has 6 nitrogen and oxygen atoms in total. The summed E-state index contributed by atoms with van der Waals surface area (Å²) in [6, 6.07) is 19.5. The Morgan fingerprint density at radius 3 is 1.42 bits per heavy atom. The monoisotopic (exact) mass is 482 g/mol. The second kappa shape index (κ2) is 10.5. The van der Waals surface area contributed by atoms with E-state index in [-0.39, 0.29) is 36.1 Å². The first kappa shape index (κ1) is 24.0. The predicted molar refractivity (Wildman–Crippen MR) is 138 cm³/mol. The van der Waals surface area contributed by atoms with Gasteiger partial charge in [0.05, 0.1) is 37.4 Å². The lowest BCUT2D eigenvalue weighted by molar-refractivity contribution is -0.140. The smallest absolute Gasteiger partial charge is 0.335 e. The number of ether oxygens (including phenoxy) is 2. The summed E-state index contributed by atoms with van der Waals surface area (Å²) in [4.78, 5) is 30.8. The van der Waals surface area contributed by atoms with Gasteiger partial charge >= 0.3 is 11.9 Å². The number of esters is 2. The maximum Gasteiger partial charge on any atom is 0.335 e. The van der Waals surface area contributed by atoms with E-state index in [1.807, 2.05) is 60.7 Å². The molecule has 5 rings (SSSR count). The van der Waals surface area contributed by atoms with Crippen LogP contribution in [0, 0.1) is 0 Å². The molecule has 0 aromatic heterocycles. The Labute approximate surface area is 211 Å². The molecule has 0 saturated carbocycles. The minimum Gasteiger partial charge on any atom is -0.466 e. The van der Waals surface area contributed by atoms with Crippen LogP contribution in [0.25, 0.3) is 0 Å². The lowest BCUT2D eigenvalue weighted by Crippen LogP contribution is -2.68. The van der Waals surface area contributed by atoms with Crippen LogP contribution in [0.4, 0.5) is 0 Å². The van der Waals surface area contributed by atoms with Gasteiger partial charge in [-0.25, -0.2) is 9.59 Å². The highest BCUT2D eigenvalue weighted by Gasteiger charge is 2.51. The highest BCUT2D eigenvalue weighted by molar-refractivity contribution is 5.92. The number of hydrogen-bond donors (Lipinski definition) is 0. The summed E-state index contributed by atoms with van der Waals surface area (Å²) in [5.74, 6) is -0.694. The molecule has 36 heavy (non-hydrogen) atoms. The van der Waals surface area contributed by atoms with Gasteiger partial charge in [-0.05, 0) is 11.1 Å². The van der Waals surface area contributed by atoms with Gasteiger partial charge < -0.3 is 9.47 Å². The van der Waals surface area contributed by atoms with Gasteiger partial charge in [0.25, 0.3) is 0 Å². The van der Waals surface area contributed by atoms with E-state index < -0.39 is 0 Å². The lowest BCUT2D eigenvalue weighted by atomic mass is 9.84. The summed E-state index contributed by atoms with van der Waals surface area (Å²) in [5.41, 5.74) is 3.46. The molecule has 0 N–H and O–H groups in total. The highest BCUT2D eigenvalue weighted by Crippen LogP contribution is 2.40. The number of carbonyl (C=O) groups excluding carboxylic acids is 2. The van der Waals surface area contributed by atoms with Crippen molar-refractivity contribution in [1.82, 2.24) is 9.80 Å². The van der Waals surface area contributed by atoms with Crippen molar-refractivity contribution in [1.29, 1.82) is 0 Å². The Kier molecular flexibility index (Phi) is 6.98. The van der Waals surface area contributed by atoms with Crippen LogP contribution in [0.2, 0.25) is 0 Å². The zero-order valence-corrected chi connectivity index (χ0v) is 20.5. The summed E-state index contributed by atoms with van der Waals surface area (Å²) in [5, 5.41) is 0. The van der Waals surface area contributed by atoms with Crippen molar-refractivity contribution in [2.75, 3.05) is 14.2 Å². The normalized spacial score (nSPS) is 25.3. The van der Waals surface area contributed by atoms with Crippen molar-refractivity contribution in [3.05, 3.63) is 119 Å². The number of hydrogen-bond acceptors (Lipinski definition) is 6. The summed E-state index contributed by atoms with van der Waals surface area (Å²) >= 11 is 0. The molecule has 0 radical (unpaired) electrons. The van der Waals surface area contributed by atoms with E-state index in [0.717, 1.165) is 11.1 Å². The van der Waals surface area contributed by atoms with Crippen molar-refractivity contribution in [3.8, 4) is 0 Å². The van der Waals surface area contributed by atoms with E-state index in [0.29, 0.717) is 24.2 Å². The lowest BCUT2D eigenvalue weighted by Gasteiger charge is -2.54. The van der Waals surface area contributed by atoms with E-state index >= 15 is 0 Å². The number of rotatable bonds is 6. The molecule has 4 bridgehead atoms. The molecular formula is C30H30N2O4. The molecule has 3 aliphatic rings. The first-order valence-corrected chi connectivity index (χ1v) is 12.1. The fourth-order valence-corrected chi connectivity index (χ4v) is 5.64. The number of benzene rings is 2. The molecule has 0 amide bonds. The zero-order valence-electron chi connectivity index (χ0n) is 20.5. The molecule has 1 fully saturated rings. The SMILES string of the molecule is COC(=O)C1=CC=CC2C3C(C(=O)OC)=CC=CC(C1N2Cc1ccccc1)N3Cc1ccccc1. The van der Waals surface area contributed by atoms with Crippen LogP contribution in [-0.2, 0) is 32.2 Å². The van der Waals surface area contributed by atoms with Crippen LogP contribution in [0.15, 0.2) is 108 Å². The van der Waals surface area contributed by atoms with Crippen molar-refractivity contribution in [2.24, 2.45) is 0 Å². The maximum absolute atomic E-state index is 13.1. The Morgan fingerprint density at radius 2 is 1.06 bits per heavy atom. The predicted octanol–water partition coefficient (Wildman–Crippen LogP) is 3.82. The molecule has 184 valence electrons. The van der Waals surface area contributed by atoms with Crippen molar-refractivity contribution >= 4 is 11.9 Å². The molecule has 3 aliphatic heterocycles. The Balaban J connectivity index is 1.67. The van der Waals surface area contributed by atoms with Gasteiger partial charge in [0, 0.05) is 25.2 Å². The minimum atomic E-state index is -0.347. The molecule has 2 aromatic rings. The van der Waals surface area contributed by atoms with Gasteiger partial charge in [-0.1, -0.05) is 97.1 Å². The molecule has 2 aromatic carbocycles. The molecule has 3 heterocycles. The average Bonchev–Trinajstić information content (AvgIpc) is 3.14. The molecular weight excluding hydrogens is 452 g/mol. The number of piperazine rings is 1. The van der Waals surface area contributed by atoms with E-state index in [1.165, 1.54) is 14.2 Å².